The van der Waals surface area contributed by atoms with E-state index in [1.54, 1.807) is 50.4 Å². The predicted molar refractivity (Wildman–Crippen MR) is 104 cm³/mol. The van der Waals surface area contributed by atoms with Gasteiger partial charge in [0, 0.05) is 12.4 Å². The molecule has 0 atom stereocenters. The van der Waals surface area contributed by atoms with Gasteiger partial charge in [-0.05, 0) is 18.6 Å². The molecule has 1 heterocycles. The quantitative estimate of drug-likeness (QED) is 0.540. The first-order valence-electron chi connectivity index (χ1n) is 8.76. The van der Waals surface area contributed by atoms with Gasteiger partial charge < -0.3 is 19.1 Å². The van der Waals surface area contributed by atoms with Crippen LogP contribution in [0.2, 0.25) is 0 Å². The van der Waals surface area contributed by atoms with E-state index >= 15 is 0 Å². The third-order valence-corrected chi connectivity index (χ3v) is 4.19. The number of aromatic hydroxyl groups is 1. The van der Waals surface area contributed by atoms with Crippen LogP contribution in [0.5, 0.6) is 5.88 Å². The SMILES string of the molecule is CCOC(=O)/C(=N\C(=O)OCc1ccccc1)c1c(O)n(C)c2ccccc12. The van der Waals surface area contributed by atoms with E-state index in [-0.39, 0.29) is 30.4 Å². The molecule has 1 aromatic heterocycles. The van der Waals surface area contributed by atoms with Crippen molar-refractivity contribution in [1.82, 2.24) is 4.57 Å². The van der Waals surface area contributed by atoms with E-state index in [1.165, 1.54) is 4.57 Å². The Balaban J connectivity index is 1.98. The fourth-order valence-electron chi connectivity index (χ4n) is 2.86. The summed E-state index contributed by atoms with van der Waals surface area (Å²) in [7, 11) is 1.65. The van der Waals surface area contributed by atoms with Gasteiger partial charge in [0.1, 0.15) is 6.61 Å². The molecule has 0 unspecified atom stereocenters. The zero-order chi connectivity index (χ0) is 20.1. The lowest BCUT2D eigenvalue weighted by atomic mass is 10.1. The summed E-state index contributed by atoms with van der Waals surface area (Å²) in [5, 5.41) is 11.1. The molecule has 3 rings (SSSR count). The van der Waals surface area contributed by atoms with E-state index in [2.05, 4.69) is 4.99 Å². The molecule has 0 saturated heterocycles. The van der Waals surface area contributed by atoms with Crippen molar-refractivity contribution in [1.29, 1.82) is 0 Å². The van der Waals surface area contributed by atoms with Crippen molar-refractivity contribution in [2.45, 2.75) is 13.5 Å². The fraction of sp³-hybridized carbons (Fsp3) is 0.190. The molecule has 7 heteroatoms. The zero-order valence-corrected chi connectivity index (χ0v) is 15.6. The van der Waals surface area contributed by atoms with Crippen LogP contribution in [0, 0.1) is 0 Å². The molecule has 1 amide bonds. The van der Waals surface area contributed by atoms with Crippen LogP contribution in [-0.2, 0) is 27.9 Å². The maximum absolute atomic E-state index is 12.5. The molecule has 0 radical (unpaired) electrons. The molecule has 0 aliphatic carbocycles. The Labute approximate surface area is 161 Å². The van der Waals surface area contributed by atoms with Gasteiger partial charge in [-0.2, -0.15) is 4.99 Å². The fourth-order valence-corrected chi connectivity index (χ4v) is 2.86. The van der Waals surface area contributed by atoms with Gasteiger partial charge in [-0.15, -0.1) is 0 Å². The van der Waals surface area contributed by atoms with Gasteiger partial charge in [0.2, 0.25) is 5.88 Å². The molecule has 2 aromatic carbocycles. The minimum absolute atomic E-state index is 0.0147. The van der Waals surface area contributed by atoms with Crippen LogP contribution in [0.1, 0.15) is 18.1 Å². The summed E-state index contributed by atoms with van der Waals surface area (Å²) >= 11 is 0. The summed E-state index contributed by atoms with van der Waals surface area (Å²) in [5.74, 6) is -1.00. The van der Waals surface area contributed by atoms with Crippen LogP contribution >= 0.6 is 0 Å². The third-order valence-electron chi connectivity index (χ3n) is 4.19. The molecule has 0 saturated carbocycles. The van der Waals surface area contributed by atoms with Gasteiger partial charge in [-0.25, -0.2) is 9.59 Å². The molecule has 0 aliphatic heterocycles. The smallest absolute Gasteiger partial charge is 0.434 e. The van der Waals surface area contributed by atoms with Crippen molar-refractivity contribution >= 4 is 28.7 Å². The standard InChI is InChI=1S/C21H20N2O5/c1-3-27-20(25)18(22-21(26)28-13-14-9-5-4-6-10-14)17-15-11-7-8-12-16(15)23(2)19(17)24/h4-12,24H,3,13H2,1-2H3/b22-18-. The monoisotopic (exact) mass is 380 g/mol. The summed E-state index contributed by atoms with van der Waals surface area (Å²) < 4.78 is 11.7. The largest absolute Gasteiger partial charge is 0.494 e. The molecule has 3 aromatic rings. The molecule has 144 valence electrons. The first-order valence-corrected chi connectivity index (χ1v) is 8.76. The maximum atomic E-state index is 12.5. The molecule has 1 N–H and O–H groups in total. The number of carbonyl (C=O) groups excluding carboxylic acids is 2. The number of nitrogens with zero attached hydrogens (tertiary/aromatic N) is 2. The van der Waals surface area contributed by atoms with E-state index in [1.807, 2.05) is 18.2 Å². The number of esters is 1. The second-order valence-electron chi connectivity index (χ2n) is 6.00. The topological polar surface area (TPSA) is 90.1 Å². The van der Waals surface area contributed by atoms with Gasteiger partial charge in [-0.1, -0.05) is 48.5 Å². The molecule has 0 fully saturated rings. The van der Waals surface area contributed by atoms with E-state index in [9.17, 15) is 14.7 Å². The lowest BCUT2D eigenvalue weighted by Gasteiger charge is -2.07. The number of amides is 1. The highest BCUT2D eigenvalue weighted by atomic mass is 16.5. The summed E-state index contributed by atoms with van der Waals surface area (Å²) in [4.78, 5) is 28.5. The van der Waals surface area contributed by atoms with Crippen molar-refractivity contribution in [3.05, 3.63) is 65.7 Å². The number of aryl methyl sites for hydroxylation is 1. The zero-order valence-electron chi connectivity index (χ0n) is 15.6. The van der Waals surface area contributed by atoms with Gasteiger partial charge in [0.15, 0.2) is 5.71 Å². The first-order chi connectivity index (χ1) is 13.5. The van der Waals surface area contributed by atoms with Crippen molar-refractivity contribution in [3.63, 3.8) is 0 Å². The Morgan fingerprint density at radius 1 is 1.04 bits per heavy atom. The highest BCUT2D eigenvalue weighted by Crippen LogP contribution is 2.31. The van der Waals surface area contributed by atoms with Gasteiger partial charge in [0.25, 0.3) is 0 Å². The van der Waals surface area contributed by atoms with Crippen LogP contribution < -0.4 is 0 Å². The van der Waals surface area contributed by atoms with Crippen LogP contribution in [0.3, 0.4) is 0 Å². The summed E-state index contributed by atoms with van der Waals surface area (Å²) in [6, 6.07) is 16.2. The van der Waals surface area contributed by atoms with Gasteiger partial charge in [-0.3, -0.25) is 0 Å². The molecule has 28 heavy (non-hydrogen) atoms. The van der Waals surface area contributed by atoms with E-state index in [0.29, 0.717) is 10.9 Å². The minimum Gasteiger partial charge on any atom is -0.494 e. The molecule has 0 bridgehead atoms. The van der Waals surface area contributed by atoms with E-state index in [4.69, 9.17) is 9.47 Å². The van der Waals surface area contributed by atoms with Crippen LogP contribution in [0.15, 0.2) is 59.6 Å². The van der Waals surface area contributed by atoms with E-state index < -0.39 is 12.1 Å². The number of para-hydroxylation sites is 1. The highest BCUT2D eigenvalue weighted by molar-refractivity contribution is 6.47. The average Bonchev–Trinajstić information content (AvgIpc) is 2.96. The Morgan fingerprint density at radius 2 is 1.71 bits per heavy atom. The first kappa shape index (κ1) is 19.2. The van der Waals surface area contributed by atoms with Crippen molar-refractivity contribution in [2.75, 3.05) is 6.61 Å². The Bertz CT molecular complexity index is 1040. The molecule has 7 nitrogen and oxygen atoms in total. The molecule has 0 aliphatic rings. The van der Waals surface area contributed by atoms with Crippen molar-refractivity contribution < 1.29 is 24.2 Å². The second-order valence-corrected chi connectivity index (χ2v) is 6.00. The lowest BCUT2D eigenvalue weighted by molar-refractivity contribution is -0.134. The van der Waals surface area contributed by atoms with Crippen molar-refractivity contribution in [3.8, 4) is 5.88 Å². The number of aliphatic imine (C=N–C) groups is 1. The number of hydrogen-bond acceptors (Lipinski definition) is 5. The van der Waals surface area contributed by atoms with Gasteiger partial charge >= 0.3 is 12.1 Å². The maximum Gasteiger partial charge on any atom is 0.434 e. The third kappa shape index (κ3) is 3.88. The lowest BCUT2D eigenvalue weighted by Crippen LogP contribution is -2.21. The summed E-state index contributed by atoms with van der Waals surface area (Å²) in [5.41, 5.74) is 1.31. The highest BCUT2D eigenvalue weighted by Gasteiger charge is 2.26. The van der Waals surface area contributed by atoms with Crippen LogP contribution in [0.4, 0.5) is 4.79 Å². The number of benzene rings is 2. The average molecular weight is 380 g/mol. The number of rotatable bonds is 5. The Kier molecular flexibility index (Phi) is 5.74. The molecular formula is C21H20N2O5. The predicted octanol–water partition coefficient (Wildman–Crippen LogP) is 3.57. The van der Waals surface area contributed by atoms with Crippen LogP contribution in [-0.4, -0.2) is 34.1 Å². The Hall–Kier alpha value is -3.61. The van der Waals surface area contributed by atoms with Crippen molar-refractivity contribution in [2.24, 2.45) is 12.0 Å². The number of fused-ring (bicyclic) bond motifs is 1. The Morgan fingerprint density at radius 3 is 2.43 bits per heavy atom. The van der Waals surface area contributed by atoms with Crippen LogP contribution in [0.25, 0.3) is 10.9 Å². The number of ether oxygens (including phenoxy) is 2. The number of aromatic nitrogens is 1. The summed E-state index contributed by atoms with van der Waals surface area (Å²) in [6.07, 6.45) is -0.945. The van der Waals surface area contributed by atoms with E-state index in [0.717, 1.165) is 5.56 Å². The van der Waals surface area contributed by atoms with Gasteiger partial charge in [0.05, 0.1) is 17.7 Å². The second kappa shape index (κ2) is 8.39. The molecule has 0 spiro atoms. The normalized spacial score (nSPS) is 11.4. The molecular weight excluding hydrogens is 360 g/mol. The number of carbonyl (C=O) groups is 2. The summed E-state index contributed by atoms with van der Waals surface area (Å²) in [6.45, 7) is 1.76. The number of hydrogen-bond donors (Lipinski definition) is 1. The minimum atomic E-state index is -0.945.